The Morgan fingerprint density at radius 2 is 2.19 bits per heavy atom. The molecule has 2 heterocycles. The number of hydrogen-bond acceptors (Lipinski definition) is 4. The molecule has 5 nitrogen and oxygen atoms in total. The van der Waals surface area contributed by atoms with E-state index in [4.69, 9.17) is 5.26 Å². The van der Waals surface area contributed by atoms with Crippen LogP contribution in [0.3, 0.4) is 0 Å². The Morgan fingerprint density at radius 1 is 1.48 bits per heavy atom. The fourth-order valence-corrected chi connectivity index (χ4v) is 4.30. The summed E-state index contributed by atoms with van der Waals surface area (Å²) in [7, 11) is 0. The molecule has 0 aromatic heterocycles. The van der Waals surface area contributed by atoms with Crippen molar-refractivity contribution in [3.63, 3.8) is 0 Å². The highest BCUT2D eigenvalue weighted by Gasteiger charge is 2.52. The number of hydrogen-bond donors (Lipinski definition) is 1. The third-order valence-electron chi connectivity index (χ3n) is 4.03. The van der Waals surface area contributed by atoms with E-state index < -0.39 is 6.04 Å². The highest BCUT2D eigenvalue weighted by molar-refractivity contribution is 8.01. The fourth-order valence-electron chi connectivity index (χ4n) is 2.87. The van der Waals surface area contributed by atoms with E-state index in [2.05, 4.69) is 5.32 Å². The topological polar surface area (TPSA) is 73.2 Å². The number of thioether (sulfide) groups is 1. The molecule has 0 radical (unpaired) electrons. The molecule has 1 aromatic rings. The molecule has 2 aliphatic rings. The van der Waals surface area contributed by atoms with Gasteiger partial charge in [0.05, 0.1) is 16.5 Å². The van der Waals surface area contributed by atoms with Gasteiger partial charge in [-0.05, 0) is 37.6 Å². The average Bonchev–Trinajstić information content (AvgIpc) is 2.97. The lowest BCUT2D eigenvalue weighted by atomic mass is 10.2. The molecule has 0 bridgehead atoms. The van der Waals surface area contributed by atoms with Gasteiger partial charge < -0.3 is 10.2 Å². The van der Waals surface area contributed by atoms with Gasteiger partial charge in [-0.25, -0.2) is 0 Å². The Bertz CT molecular complexity index is 637. The molecule has 2 amide bonds. The second kappa shape index (κ2) is 5.08. The van der Waals surface area contributed by atoms with Gasteiger partial charge in [0, 0.05) is 17.9 Å². The molecule has 0 saturated carbocycles. The summed E-state index contributed by atoms with van der Waals surface area (Å²) in [5.74, 6) is 0.526. The van der Waals surface area contributed by atoms with E-state index in [1.54, 1.807) is 40.9 Å². The largest absolute Gasteiger partial charge is 0.324 e. The van der Waals surface area contributed by atoms with Gasteiger partial charge in [-0.2, -0.15) is 5.26 Å². The molecule has 3 rings (SSSR count). The van der Waals surface area contributed by atoms with Crippen molar-refractivity contribution in [2.45, 2.75) is 30.7 Å². The van der Waals surface area contributed by atoms with Crippen LogP contribution in [0.4, 0.5) is 5.69 Å². The van der Waals surface area contributed by atoms with Gasteiger partial charge in [0.1, 0.15) is 6.04 Å². The van der Waals surface area contributed by atoms with Crippen LogP contribution in [0.5, 0.6) is 0 Å². The number of nitrogens with one attached hydrogen (secondary N) is 1. The third kappa shape index (κ3) is 2.38. The van der Waals surface area contributed by atoms with Crippen LogP contribution in [0.2, 0.25) is 0 Å². The van der Waals surface area contributed by atoms with Crippen molar-refractivity contribution < 1.29 is 9.59 Å². The summed E-state index contributed by atoms with van der Waals surface area (Å²) in [6.07, 6.45) is 1.32. The van der Waals surface area contributed by atoms with E-state index >= 15 is 0 Å². The summed E-state index contributed by atoms with van der Waals surface area (Å²) in [5, 5.41) is 11.6. The van der Waals surface area contributed by atoms with Gasteiger partial charge >= 0.3 is 0 Å². The van der Waals surface area contributed by atoms with E-state index in [9.17, 15) is 9.59 Å². The summed E-state index contributed by atoms with van der Waals surface area (Å²) in [5.41, 5.74) is 1.19. The second-order valence-electron chi connectivity index (χ2n) is 5.44. The van der Waals surface area contributed by atoms with Crippen LogP contribution in [-0.2, 0) is 9.59 Å². The first-order chi connectivity index (χ1) is 10.0. The molecule has 1 N–H and O–H groups in total. The number of anilines is 1. The highest BCUT2D eigenvalue weighted by atomic mass is 32.2. The zero-order valence-corrected chi connectivity index (χ0v) is 12.4. The standard InChI is InChI=1S/C15H15N3O2S/c1-15-7-6-13(19)18(15)12(9-21-15)14(20)17-11-4-2-10(8-16)3-5-11/h2-5,12H,6-7,9H2,1H3,(H,17,20)/t12-,15-/m0/s1. The quantitative estimate of drug-likeness (QED) is 0.906. The van der Waals surface area contributed by atoms with Crippen LogP contribution >= 0.6 is 11.8 Å². The molecule has 21 heavy (non-hydrogen) atoms. The van der Waals surface area contributed by atoms with Crippen LogP contribution in [0.15, 0.2) is 24.3 Å². The number of carbonyl (C=O) groups is 2. The maximum Gasteiger partial charge on any atom is 0.248 e. The van der Waals surface area contributed by atoms with Crippen molar-refractivity contribution >= 4 is 29.3 Å². The highest BCUT2D eigenvalue weighted by Crippen LogP contribution is 2.47. The van der Waals surface area contributed by atoms with Crippen molar-refractivity contribution in [1.82, 2.24) is 4.90 Å². The molecule has 2 atom stereocenters. The first-order valence-electron chi connectivity index (χ1n) is 6.81. The molecule has 2 fully saturated rings. The van der Waals surface area contributed by atoms with Crippen molar-refractivity contribution in [2.75, 3.05) is 11.1 Å². The lowest BCUT2D eigenvalue weighted by Gasteiger charge is -2.29. The normalized spacial score (nSPS) is 27.3. The van der Waals surface area contributed by atoms with Crippen LogP contribution in [0, 0.1) is 11.3 Å². The Labute approximate surface area is 127 Å². The molecular weight excluding hydrogens is 286 g/mol. The van der Waals surface area contributed by atoms with E-state index in [0.717, 1.165) is 6.42 Å². The third-order valence-corrected chi connectivity index (χ3v) is 5.53. The monoisotopic (exact) mass is 301 g/mol. The van der Waals surface area contributed by atoms with Gasteiger partial charge in [0.2, 0.25) is 11.8 Å². The second-order valence-corrected chi connectivity index (χ2v) is 6.95. The van der Waals surface area contributed by atoms with E-state index in [1.165, 1.54) is 0 Å². The fraction of sp³-hybridized carbons (Fsp3) is 0.400. The van der Waals surface area contributed by atoms with Gasteiger partial charge in [-0.3, -0.25) is 9.59 Å². The predicted molar refractivity (Wildman–Crippen MR) is 80.5 cm³/mol. The predicted octanol–water partition coefficient (Wildman–Crippen LogP) is 1.95. The van der Waals surface area contributed by atoms with Gasteiger partial charge in [0.15, 0.2) is 0 Å². The summed E-state index contributed by atoms with van der Waals surface area (Å²) in [6.45, 7) is 2.03. The summed E-state index contributed by atoms with van der Waals surface area (Å²) in [6, 6.07) is 8.33. The Kier molecular flexibility index (Phi) is 3.38. The average molecular weight is 301 g/mol. The zero-order valence-electron chi connectivity index (χ0n) is 11.6. The smallest absolute Gasteiger partial charge is 0.248 e. The van der Waals surface area contributed by atoms with E-state index in [1.807, 2.05) is 13.0 Å². The SMILES string of the molecule is C[C@]12CCC(=O)N1[C@H](C(=O)Nc1ccc(C#N)cc1)CS2. The molecule has 108 valence electrons. The van der Waals surface area contributed by atoms with Crippen molar-refractivity contribution in [1.29, 1.82) is 5.26 Å². The maximum atomic E-state index is 12.4. The van der Waals surface area contributed by atoms with Gasteiger partial charge in [-0.15, -0.1) is 11.8 Å². The van der Waals surface area contributed by atoms with Crippen LogP contribution in [-0.4, -0.2) is 33.4 Å². The van der Waals surface area contributed by atoms with Crippen LogP contribution in [0.25, 0.3) is 0 Å². The van der Waals surface area contributed by atoms with Crippen molar-refractivity contribution in [2.24, 2.45) is 0 Å². The zero-order chi connectivity index (χ0) is 15.0. The minimum absolute atomic E-state index is 0.0579. The number of amides is 2. The molecule has 0 unspecified atom stereocenters. The Hall–Kier alpha value is -2.00. The maximum absolute atomic E-state index is 12.4. The number of benzene rings is 1. The summed E-state index contributed by atoms with van der Waals surface area (Å²) in [4.78, 5) is 25.9. The number of fused-ring (bicyclic) bond motifs is 1. The van der Waals surface area contributed by atoms with Crippen molar-refractivity contribution in [3.05, 3.63) is 29.8 Å². The van der Waals surface area contributed by atoms with Crippen molar-refractivity contribution in [3.8, 4) is 6.07 Å². The van der Waals surface area contributed by atoms with E-state index in [-0.39, 0.29) is 16.7 Å². The minimum atomic E-state index is -0.411. The Balaban J connectivity index is 1.74. The molecule has 2 saturated heterocycles. The number of nitrogens with zero attached hydrogens (tertiary/aromatic N) is 2. The number of carbonyl (C=O) groups excluding carboxylic acids is 2. The molecule has 6 heteroatoms. The number of nitriles is 1. The first kappa shape index (κ1) is 14.0. The lowest BCUT2D eigenvalue weighted by molar-refractivity contribution is -0.135. The summed E-state index contributed by atoms with van der Waals surface area (Å²) >= 11 is 1.67. The lowest BCUT2D eigenvalue weighted by Crippen LogP contribution is -2.48. The molecule has 1 aromatic carbocycles. The number of rotatable bonds is 2. The Morgan fingerprint density at radius 3 is 2.86 bits per heavy atom. The molecule has 0 aliphatic carbocycles. The molecule has 0 spiro atoms. The van der Waals surface area contributed by atoms with Crippen LogP contribution < -0.4 is 5.32 Å². The minimum Gasteiger partial charge on any atom is -0.324 e. The first-order valence-corrected chi connectivity index (χ1v) is 7.79. The van der Waals surface area contributed by atoms with Gasteiger partial charge in [0.25, 0.3) is 0 Å². The van der Waals surface area contributed by atoms with E-state index in [0.29, 0.717) is 23.4 Å². The molecule has 2 aliphatic heterocycles. The van der Waals surface area contributed by atoms with Gasteiger partial charge in [-0.1, -0.05) is 0 Å². The summed E-state index contributed by atoms with van der Waals surface area (Å²) < 4.78 is 0. The van der Waals surface area contributed by atoms with Crippen LogP contribution in [0.1, 0.15) is 25.3 Å². The molecular formula is C15H15N3O2S.